The smallest absolute Gasteiger partial charge is 0.224 e. The zero-order valence-corrected chi connectivity index (χ0v) is 12.5. The van der Waals surface area contributed by atoms with Crippen LogP contribution in [0.1, 0.15) is 13.3 Å². The van der Waals surface area contributed by atoms with E-state index in [2.05, 4.69) is 32.2 Å². The highest BCUT2D eigenvalue weighted by molar-refractivity contribution is 7.99. The molecule has 21 heavy (non-hydrogen) atoms. The van der Waals surface area contributed by atoms with Crippen molar-refractivity contribution in [1.82, 2.24) is 19.9 Å². The first-order valence-corrected chi connectivity index (χ1v) is 7.63. The summed E-state index contributed by atoms with van der Waals surface area (Å²) < 4.78 is 0. The lowest BCUT2D eigenvalue weighted by Crippen LogP contribution is -2.05. The Hall–Kier alpha value is -2.21. The maximum atomic E-state index is 4.61. The maximum absolute atomic E-state index is 4.61. The lowest BCUT2D eigenvalue weighted by Gasteiger charge is -2.08. The Balaban J connectivity index is 2.02. The normalized spacial score (nSPS) is 10.7. The predicted molar refractivity (Wildman–Crippen MR) is 84.5 cm³/mol. The Morgan fingerprint density at radius 2 is 2.05 bits per heavy atom. The molecule has 3 aromatic rings. The number of fused-ring (bicyclic) bond motifs is 1. The first kappa shape index (κ1) is 13.8. The Morgan fingerprint density at radius 3 is 2.86 bits per heavy atom. The number of benzene rings is 1. The van der Waals surface area contributed by atoms with E-state index in [1.165, 1.54) is 11.8 Å². The second-order valence-corrected chi connectivity index (χ2v) is 5.46. The molecule has 0 saturated carbocycles. The summed E-state index contributed by atoms with van der Waals surface area (Å²) in [5.41, 5.74) is 0.933. The van der Waals surface area contributed by atoms with Gasteiger partial charge in [0, 0.05) is 18.1 Å². The molecule has 0 unspecified atom stereocenters. The Bertz CT molecular complexity index is 732. The number of rotatable bonds is 5. The van der Waals surface area contributed by atoms with Crippen LogP contribution in [0.25, 0.3) is 10.9 Å². The minimum absolute atomic E-state index is 0.659. The van der Waals surface area contributed by atoms with Gasteiger partial charge in [0.2, 0.25) is 5.95 Å². The van der Waals surface area contributed by atoms with Crippen LogP contribution in [0.5, 0.6) is 0 Å². The van der Waals surface area contributed by atoms with Gasteiger partial charge >= 0.3 is 0 Å². The molecule has 0 saturated heterocycles. The number of nitrogens with one attached hydrogen (secondary N) is 1. The van der Waals surface area contributed by atoms with Crippen molar-refractivity contribution in [3.63, 3.8) is 0 Å². The van der Waals surface area contributed by atoms with Crippen LogP contribution in [0.2, 0.25) is 0 Å². The van der Waals surface area contributed by atoms with Crippen LogP contribution in [0.4, 0.5) is 5.95 Å². The first-order valence-electron chi connectivity index (χ1n) is 6.81. The van der Waals surface area contributed by atoms with Crippen molar-refractivity contribution < 1.29 is 0 Å². The second kappa shape index (κ2) is 6.49. The van der Waals surface area contributed by atoms with E-state index in [1.807, 2.05) is 30.3 Å². The van der Waals surface area contributed by atoms with Gasteiger partial charge in [-0.05, 0) is 30.3 Å². The van der Waals surface area contributed by atoms with E-state index in [1.54, 1.807) is 12.5 Å². The van der Waals surface area contributed by atoms with Crippen LogP contribution in [-0.2, 0) is 0 Å². The summed E-state index contributed by atoms with van der Waals surface area (Å²) >= 11 is 1.52. The molecule has 3 rings (SSSR count). The molecule has 0 atom stereocenters. The zero-order chi connectivity index (χ0) is 14.5. The molecule has 0 radical (unpaired) electrons. The molecule has 0 aliphatic heterocycles. The Labute approximate surface area is 127 Å². The van der Waals surface area contributed by atoms with Gasteiger partial charge in [-0.25, -0.2) is 19.9 Å². The van der Waals surface area contributed by atoms with E-state index in [0.29, 0.717) is 5.95 Å². The molecule has 0 fully saturated rings. The molecule has 6 heteroatoms. The van der Waals surface area contributed by atoms with Gasteiger partial charge in [0.1, 0.15) is 16.4 Å². The molecule has 2 aromatic heterocycles. The fourth-order valence-electron chi connectivity index (χ4n) is 1.88. The molecule has 0 aliphatic carbocycles. The number of para-hydroxylation sites is 1. The van der Waals surface area contributed by atoms with Gasteiger partial charge in [0.05, 0.1) is 5.52 Å². The molecule has 0 amide bonds. The van der Waals surface area contributed by atoms with Gasteiger partial charge in [-0.3, -0.25) is 0 Å². The summed E-state index contributed by atoms with van der Waals surface area (Å²) in [4.78, 5) is 17.3. The summed E-state index contributed by atoms with van der Waals surface area (Å²) in [6.45, 7) is 2.97. The van der Waals surface area contributed by atoms with Crippen molar-refractivity contribution >= 4 is 28.6 Å². The van der Waals surface area contributed by atoms with Crippen molar-refractivity contribution in [3.8, 4) is 0 Å². The lowest BCUT2D eigenvalue weighted by molar-refractivity contribution is 0.944. The minimum atomic E-state index is 0.659. The third kappa shape index (κ3) is 3.28. The van der Waals surface area contributed by atoms with Crippen molar-refractivity contribution in [2.45, 2.75) is 23.4 Å². The fourth-order valence-corrected chi connectivity index (χ4v) is 2.72. The molecule has 106 valence electrons. The van der Waals surface area contributed by atoms with E-state index in [9.17, 15) is 0 Å². The van der Waals surface area contributed by atoms with Crippen LogP contribution in [-0.4, -0.2) is 26.5 Å². The van der Waals surface area contributed by atoms with E-state index < -0.39 is 0 Å². The van der Waals surface area contributed by atoms with Gasteiger partial charge < -0.3 is 5.32 Å². The van der Waals surface area contributed by atoms with Crippen LogP contribution in [0, 0.1) is 0 Å². The SMILES string of the molecule is CCCNc1nc(Sc2ccncn2)c2ccccc2n1. The number of hydrogen-bond donors (Lipinski definition) is 1. The van der Waals surface area contributed by atoms with Crippen molar-refractivity contribution in [3.05, 3.63) is 42.9 Å². The molecule has 2 heterocycles. The first-order chi connectivity index (χ1) is 10.4. The Kier molecular flexibility index (Phi) is 4.25. The van der Waals surface area contributed by atoms with Gasteiger partial charge in [-0.1, -0.05) is 25.1 Å². The lowest BCUT2D eigenvalue weighted by atomic mass is 10.2. The van der Waals surface area contributed by atoms with E-state index in [-0.39, 0.29) is 0 Å². The fraction of sp³-hybridized carbons (Fsp3) is 0.200. The molecule has 1 aromatic carbocycles. The molecule has 0 aliphatic rings. The van der Waals surface area contributed by atoms with E-state index >= 15 is 0 Å². The standard InChI is InChI=1S/C15H15N5S/c1-2-8-17-15-19-12-6-4-3-5-11(12)14(20-15)21-13-7-9-16-10-18-13/h3-7,9-10H,2,8H2,1H3,(H,17,19,20). The Morgan fingerprint density at radius 1 is 1.14 bits per heavy atom. The molecule has 0 spiro atoms. The quantitative estimate of drug-likeness (QED) is 0.728. The number of aromatic nitrogens is 4. The molecule has 5 nitrogen and oxygen atoms in total. The third-order valence-corrected chi connectivity index (χ3v) is 3.81. The average molecular weight is 297 g/mol. The number of hydrogen-bond acceptors (Lipinski definition) is 6. The van der Waals surface area contributed by atoms with Crippen molar-refractivity contribution in [2.24, 2.45) is 0 Å². The van der Waals surface area contributed by atoms with Gasteiger partial charge in [-0.2, -0.15) is 0 Å². The van der Waals surface area contributed by atoms with Crippen LogP contribution in [0.15, 0.2) is 52.9 Å². The van der Waals surface area contributed by atoms with Crippen LogP contribution < -0.4 is 5.32 Å². The highest BCUT2D eigenvalue weighted by Crippen LogP contribution is 2.30. The summed E-state index contributed by atoms with van der Waals surface area (Å²) in [5, 5.41) is 6.05. The summed E-state index contributed by atoms with van der Waals surface area (Å²) in [5.74, 6) is 0.659. The molecular weight excluding hydrogens is 282 g/mol. The summed E-state index contributed by atoms with van der Waals surface area (Å²) in [6, 6.07) is 9.88. The van der Waals surface area contributed by atoms with E-state index in [0.717, 1.165) is 33.9 Å². The average Bonchev–Trinajstić information content (AvgIpc) is 2.54. The maximum Gasteiger partial charge on any atom is 0.224 e. The molecular formula is C15H15N5S. The van der Waals surface area contributed by atoms with Crippen molar-refractivity contribution in [1.29, 1.82) is 0 Å². The van der Waals surface area contributed by atoms with Crippen molar-refractivity contribution in [2.75, 3.05) is 11.9 Å². The highest BCUT2D eigenvalue weighted by atomic mass is 32.2. The number of nitrogens with zero attached hydrogens (tertiary/aromatic N) is 4. The highest BCUT2D eigenvalue weighted by Gasteiger charge is 2.09. The summed E-state index contributed by atoms with van der Waals surface area (Å²) in [6.07, 6.45) is 4.31. The van der Waals surface area contributed by atoms with E-state index in [4.69, 9.17) is 0 Å². The predicted octanol–water partition coefficient (Wildman–Crippen LogP) is 3.39. The topological polar surface area (TPSA) is 63.6 Å². The van der Waals surface area contributed by atoms with Gasteiger partial charge in [-0.15, -0.1) is 0 Å². The second-order valence-electron chi connectivity index (χ2n) is 4.45. The minimum Gasteiger partial charge on any atom is -0.354 e. The third-order valence-electron chi connectivity index (χ3n) is 2.86. The largest absolute Gasteiger partial charge is 0.354 e. The molecule has 1 N–H and O–H groups in total. The summed E-state index contributed by atoms with van der Waals surface area (Å²) in [7, 11) is 0. The van der Waals surface area contributed by atoms with Crippen LogP contribution >= 0.6 is 11.8 Å². The molecule has 0 bridgehead atoms. The van der Waals surface area contributed by atoms with Crippen LogP contribution in [0.3, 0.4) is 0 Å². The zero-order valence-electron chi connectivity index (χ0n) is 11.7. The van der Waals surface area contributed by atoms with Gasteiger partial charge in [0.15, 0.2) is 0 Å². The number of anilines is 1. The van der Waals surface area contributed by atoms with Gasteiger partial charge in [0.25, 0.3) is 0 Å². The monoisotopic (exact) mass is 297 g/mol.